The Morgan fingerprint density at radius 1 is 0.615 bits per heavy atom. The first-order valence-corrected chi connectivity index (χ1v) is 22.5. The van der Waals surface area contributed by atoms with Crippen LogP contribution in [0.3, 0.4) is 0 Å². The van der Waals surface area contributed by atoms with Gasteiger partial charge in [-0.3, -0.25) is 13.8 Å². The first-order valence-electron chi connectivity index (χ1n) is 21.0. The molecule has 0 aliphatic rings. The van der Waals surface area contributed by atoms with E-state index in [1.54, 1.807) is 0 Å². The summed E-state index contributed by atoms with van der Waals surface area (Å²) in [7, 11) is -4.52. The summed E-state index contributed by atoms with van der Waals surface area (Å²) in [4.78, 5) is 22.5. The lowest BCUT2D eigenvalue weighted by Crippen LogP contribution is -2.29. The lowest BCUT2D eigenvalue weighted by Gasteiger charge is -2.20. The highest BCUT2D eigenvalue weighted by Crippen LogP contribution is 2.43. The molecule has 0 spiro atoms. The number of phosphoric ester groups is 1. The summed E-state index contributed by atoms with van der Waals surface area (Å²) in [5.74, 6) is -0.398. The van der Waals surface area contributed by atoms with Crippen molar-refractivity contribution in [1.29, 1.82) is 0 Å². The molecule has 0 fully saturated rings. The number of carbonyl (C=O) groups is 1. The van der Waals surface area contributed by atoms with Gasteiger partial charge in [0.05, 0.1) is 26.4 Å². The minimum atomic E-state index is -4.52. The molecule has 9 nitrogen and oxygen atoms in total. The summed E-state index contributed by atoms with van der Waals surface area (Å²) in [6.07, 6.45) is 41.0. The molecule has 0 aromatic carbocycles. The van der Waals surface area contributed by atoms with Crippen molar-refractivity contribution in [1.82, 2.24) is 0 Å². The van der Waals surface area contributed by atoms with Crippen molar-refractivity contribution in [3.63, 3.8) is 0 Å². The SMILES string of the molecule is CC/C=C\C/C=C\C/C=C\CCCCCCCC(=O)O[C@H](COCCCCCCCCCCCCCCCCCC)COP(=O)(O)OC[C@@H](O)CO. The third kappa shape index (κ3) is 38.4. The topological polar surface area (TPSA) is 132 Å². The van der Waals surface area contributed by atoms with E-state index in [2.05, 4.69) is 50.3 Å². The normalized spacial score (nSPS) is 14.5. The van der Waals surface area contributed by atoms with Crippen LogP contribution in [-0.4, -0.2) is 66.3 Å². The third-order valence-electron chi connectivity index (χ3n) is 8.84. The molecule has 0 saturated heterocycles. The maximum absolute atomic E-state index is 12.6. The lowest BCUT2D eigenvalue weighted by molar-refractivity contribution is -0.154. The van der Waals surface area contributed by atoms with Crippen LogP contribution in [0.1, 0.15) is 181 Å². The van der Waals surface area contributed by atoms with Crippen molar-refractivity contribution >= 4 is 13.8 Å². The van der Waals surface area contributed by atoms with E-state index in [0.29, 0.717) is 13.0 Å². The Balaban J connectivity index is 4.20. The van der Waals surface area contributed by atoms with E-state index in [4.69, 9.17) is 23.6 Å². The smallest absolute Gasteiger partial charge is 0.457 e. The first kappa shape index (κ1) is 50.7. The number of ether oxygens (including phenoxy) is 2. The minimum Gasteiger partial charge on any atom is -0.457 e. The third-order valence-corrected chi connectivity index (χ3v) is 9.79. The first-order chi connectivity index (χ1) is 25.3. The van der Waals surface area contributed by atoms with Crippen LogP contribution < -0.4 is 0 Å². The van der Waals surface area contributed by atoms with E-state index in [1.807, 2.05) is 0 Å². The summed E-state index contributed by atoms with van der Waals surface area (Å²) >= 11 is 0. The molecule has 3 atom stereocenters. The molecule has 0 heterocycles. The van der Waals surface area contributed by atoms with Gasteiger partial charge in [0.15, 0.2) is 0 Å². The van der Waals surface area contributed by atoms with Crippen molar-refractivity contribution < 1.29 is 43.0 Å². The van der Waals surface area contributed by atoms with Gasteiger partial charge in [-0.25, -0.2) is 4.57 Å². The second-order valence-corrected chi connectivity index (χ2v) is 15.4. The van der Waals surface area contributed by atoms with Crippen molar-refractivity contribution in [2.45, 2.75) is 193 Å². The number of allylic oxidation sites excluding steroid dienone is 6. The quantitative estimate of drug-likeness (QED) is 0.0242. The lowest BCUT2D eigenvalue weighted by atomic mass is 10.0. The second-order valence-electron chi connectivity index (χ2n) is 14.0. The maximum Gasteiger partial charge on any atom is 0.472 e. The maximum atomic E-state index is 12.6. The fourth-order valence-electron chi connectivity index (χ4n) is 5.66. The molecular weight excluding hydrogens is 679 g/mol. The molecule has 0 radical (unpaired) electrons. The van der Waals surface area contributed by atoms with Crippen LogP contribution in [0.5, 0.6) is 0 Å². The summed E-state index contributed by atoms with van der Waals surface area (Å²) < 4.78 is 33.3. The van der Waals surface area contributed by atoms with Crippen LogP contribution in [-0.2, 0) is 27.9 Å². The number of rotatable bonds is 40. The van der Waals surface area contributed by atoms with Crippen LogP contribution >= 0.6 is 7.82 Å². The molecule has 0 saturated carbocycles. The predicted molar refractivity (Wildman–Crippen MR) is 214 cm³/mol. The van der Waals surface area contributed by atoms with Crippen LogP contribution in [0.2, 0.25) is 0 Å². The van der Waals surface area contributed by atoms with Crippen LogP contribution in [0.25, 0.3) is 0 Å². The van der Waals surface area contributed by atoms with Gasteiger partial charge in [0.2, 0.25) is 0 Å². The molecule has 0 amide bonds. The highest BCUT2D eigenvalue weighted by atomic mass is 31.2. The van der Waals surface area contributed by atoms with Crippen molar-refractivity contribution in [3.8, 4) is 0 Å². The van der Waals surface area contributed by atoms with Crippen molar-refractivity contribution in [2.24, 2.45) is 0 Å². The molecule has 0 rings (SSSR count). The molecule has 0 aromatic heterocycles. The Kier molecular flexibility index (Phi) is 38.4. The van der Waals surface area contributed by atoms with Gasteiger partial charge in [-0.1, -0.05) is 166 Å². The Morgan fingerprint density at radius 2 is 1.10 bits per heavy atom. The molecule has 0 bridgehead atoms. The second kappa shape index (κ2) is 39.4. The number of hydrogen-bond donors (Lipinski definition) is 3. The van der Waals surface area contributed by atoms with Crippen LogP contribution in [0, 0.1) is 0 Å². The van der Waals surface area contributed by atoms with E-state index < -0.39 is 39.2 Å². The number of unbranched alkanes of at least 4 members (excludes halogenated alkanes) is 20. The summed E-state index contributed by atoms with van der Waals surface area (Å²) in [6.45, 7) is 3.40. The van der Waals surface area contributed by atoms with E-state index in [0.717, 1.165) is 64.2 Å². The number of phosphoric acid groups is 1. The van der Waals surface area contributed by atoms with Gasteiger partial charge in [0, 0.05) is 13.0 Å². The molecule has 306 valence electrons. The monoisotopic (exact) mass is 759 g/mol. The molecule has 3 N–H and O–H groups in total. The zero-order valence-electron chi connectivity index (χ0n) is 33.3. The highest BCUT2D eigenvalue weighted by Gasteiger charge is 2.26. The standard InChI is InChI=1S/C42H79O9P/c1-3-5-7-9-11-13-15-17-19-21-23-25-27-29-31-33-35-48-38-41(39-50-52(46,47)49-37-40(44)36-43)51-42(45)34-32-30-28-26-24-22-20-18-16-14-12-10-8-6-4-2/h6,8,12,14,18,20,40-41,43-44H,3-5,7,9-11,13,15-17,19,21-39H2,1-2H3,(H,46,47)/b8-6-,14-12-,20-18-/t40-,41+/m0/s1. The van der Waals surface area contributed by atoms with E-state index in [9.17, 15) is 19.4 Å². The number of aliphatic hydroxyl groups excluding tert-OH is 2. The highest BCUT2D eigenvalue weighted by molar-refractivity contribution is 7.47. The fraction of sp³-hybridized carbons (Fsp3) is 0.833. The van der Waals surface area contributed by atoms with Crippen LogP contribution in [0.15, 0.2) is 36.5 Å². The van der Waals surface area contributed by atoms with Gasteiger partial charge < -0.3 is 24.6 Å². The number of esters is 1. The van der Waals surface area contributed by atoms with Gasteiger partial charge in [-0.05, 0) is 44.9 Å². The number of hydrogen-bond acceptors (Lipinski definition) is 8. The summed E-state index contributed by atoms with van der Waals surface area (Å²) in [6, 6.07) is 0. The molecule has 0 aliphatic heterocycles. The van der Waals surface area contributed by atoms with Crippen LogP contribution in [0.4, 0.5) is 0 Å². The average molecular weight is 759 g/mol. The molecule has 0 aliphatic carbocycles. The Hall–Kier alpha value is -1.32. The van der Waals surface area contributed by atoms with Gasteiger partial charge in [0.25, 0.3) is 0 Å². The zero-order chi connectivity index (χ0) is 38.2. The van der Waals surface area contributed by atoms with E-state index in [1.165, 1.54) is 89.9 Å². The largest absolute Gasteiger partial charge is 0.472 e. The van der Waals surface area contributed by atoms with E-state index in [-0.39, 0.29) is 19.6 Å². The molecule has 0 aromatic rings. The molecule has 10 heteroatoms. The molecule has 1 unspecified atom stereocenters. The van der Waals surface area contributed by atoms with Gasteiger partial charge in [-0.15, -0.1) is 0 Å². The summed E-state index contributed by atoms with van der Waals surface area (Å²) in [5.41, 5.74) is 0. The Morgan fingerprint density at radius 3 is 1.65 bits per heavy atom. The Labute approximate surface area is 318 Å². The fourth-order valence-corrected chi connectivity index (χ4v) is 6.45. The summed E-state index contributed by atoms with van der Waals surface area (Å²) in [5, 5.41) is 18.3. The van der Waals surface area contributed by atoms with Gasteiger partial charge in [0.1, 0.15) is 12.2 Å². The number of carbonyl (C=O) groups excluding carboxylic acids is 1. The molecule has 52 heavy (non-hydrogen) atoms. The van der Waals surface area contributed by atoms with Crippen molar-refractivity contribution in [3.05, 3.63) is 36.5 Å². The minimum absolute atomic E-state index is 0.0446. The van der Waals surface area contributed by atoms with Gasteiger partial charge in [-0.2, -0.15) is 0 Å². The predicted octanol–water partition coefficient (Wildman–Crippen LogP) is 11.3. The number of aliphatic hydroxyl groups is 2. The van der Waals surface area contributed by atoms with Gasteiger partial charge >= 0.3 is 13.8 Å². The zero-order valence-corrected chi connectivity index (χ0v) is 34.2. The average Bonchev–Trinajstić information content (AvgIpc) is 3.13. The molecular formula is C42H79O9P. The van der Waals surface area contributed by atoms with E-state index >= 15 is 0 Å². The van der Waals surface area contributed by atoms with Crippen molar-refractivity contribution in [2.75, 3.05) is 33.0 Å². The Bertz CT molecular complexity index is 908.